The number of pyridine rings is 1. The highest BCUT2D eigenvalue weighted by atomic mass is 32.1. The Balaban J connectivity index is 1.81. The summed E-state index contributed by atoms with van der Waals surface area (Å²) < 4.78 is 37.8. The van der Waals surface area contributed by atoms with Crippen LogP contribution in [-0.4, -0.2) is 19.9 Å². The highest BCUT2D eigenvalue weighted by Gasteiger charge is 2.32. The van der Waals surface area contributed by atoms with Crippen molar-refractivity contribution in [2.24, 2.45) is 0 Å². The Morgan fingerprint density at radius 2 is 1.82 bits per heavy atom. The van der Waals surface area contributed by atoms with E-state index >= 15 is 0 Å². The van der Waals surface area contributed by atoms with E-state index in [9.17, 15) is 13.2 Å². The van der Waals surface area contributed by atoms with Gasteiger partial charge in [0.2, 0.25) is 5.95 Å². The molecule has 112 valence electrons. The van der Waals surface area contributed by atoms with Crippen molar-refractivity contribution in [1.29, 1.82) is 0 Å². The second-order valence-electron chi connectivity index (χ2n) is 4.14. The number of thiazole rings is 1. The number of anilines is 2. The fraction of sp³-hybridized carbons (Fsp3) is 0.0769. The van der Waals surface area contributed by atoms with E-state index in [0.717, 1.165) is 12.3 Å². The molecule has 0 spiro atoms. The first-order valence-corrected chi connectivity index (χ1v) is 6.94. The van der Waals surface area contributed by atoms with Gasteiger partial charge in [0.15, 0.2) is 5.13 Å². The van der Waals surface area contributed by atoms with Crippen LogP contribution < -0.4 is 5.32 Å². The standard InChI is InChI=1S/C13H8F3N5S/c14-13(15,16)10-4-6-18-11(20-10)21-12-19-9(7-22-12)8-3-1-2-5-17-8/h1-7H,(H,18,19,20,21). The maximum atomic E-state index is 12.6. The maximum Gasteiger partial charge on any atom is 0.433 e. The molecule has 3 rings (SSSR count). The molecule has 3 aromatic heterocycles. The Labute approximate surface area is 126 Å². The van der Waals surface area contributed by atoms with Crippen LogP contribution in [0.2, 0.25) is 0 Å². The quantitative estimate of drug-likeness (QED) is 0.795. The van der Waals surface area contributed by atoms with Gasteiger partial charge < -0.3 is 5.32 Å². The molecule has 0 saturated carbocycles. The number of rotatable bonds is 3. The zero-order chi connectivity index (χ0) is 15.6. The Bertz CT molecular complexity index is 773. The van der Waals surface area contributed by atoms with E-state index in [4.69, 9.17) is 0 Å². The summed E-state index contributed by atoms with van der Waals surface area (Å²) in [6.45, 7) is 0. The van der Waals surface area contributed by atoms with Crippen molar-refractivity contribution in [3.05, 3.63) is 47.7 Å². The van der Waals surface area contributed by atoms with Crippen molar-refractivity contribution >= 4 is 22.4 Å². The number of halogens is 3. The van der Waals surface area contributed by atoms with E-state index in [1.165, 1.54) is 11.3 Å². The second-order valence-corrected chi connectivity index (χ2v) is 5.00. The van der Waals surface area contributed by atoms with Gasteiger partial charge in [0.05, 0.1) is 5.69 Å². The normalized spacial score (nSPS) is 11.4. The number of nitrogens with zero attached hydrogens (tertiary/aromatic N) is 4. The third kappa shape index (κ3) is 3.19. The minimum absolute atomic E-state index is 0.156. The Hall–Kier alpha value is -2.55. The molecule has 0 amide bonds. The summed E-state index contributed by atoms with van der Waals surface area (Å²) in [6, 6.07) is 6.21. The van der Waals surface area contributed by atoms with Crippen LogP contribution in [0, 0.1) is 0 Å². The van der Waals surface area contributed by atoms with Gasteiger partial charge in [-0.1, -0.05) is 6.07 Å². The number of hydrogen-bond acceptors (Lipinski definition) is 6. The lowest BCUT2D eigenvalue weighted by Crippen LogP contribution is -2.10. The molecule has 0 fully saturated rings. The van der Waals surface area contributed by atoms with E-state index in [0.29, 0.717) is 16.5 Å². The lowest BCUT2D eigenvalue weighted by atomic mass is 10.3. The Kier molecular flexibility index (Phi) is 3.72. The largest absolute Gasteiger partial charge is 0.433 e. The zero-order valence-corrected chi connectivity index (χ0v) is 11.7. The fourth-order valence-corrected chi connectivity index (χ4v) is 2.33. The van der Waals surface area contributed by atoms with Gasteiger partial charge >= 0.3 is 6.18 Å². The number of hydrogen-bond donors (Lipinski definition) is 1. The van der Waals surface area contributed by atoms with E-state index in [1.54, 1.807) is 23.7 Å². The van der Waals surface area contributed by atoms with Crippen molar-refractivity contribution < 1.29 is 13.2 Å². The lowest BCUT2D eigenvalue weighted by Gasteiger charge is -2.06. The fourth-order valence-electron chi connectivity index (χ4n) is 1.64. The molecule has 1 N–H and O–H groups in total. The minimum Gasteiger partial charge on any atom is -0.300 e. The van der Waals surface area contributed by atoms with Crippen LogP contribution in [0.15, 0.2) is 42.0 Å². The third-order valence-electron chi connectivity index (χ3n) is 2.60. The van der Waals surface area contributed by atoms with Crippen molar-refractivity contribution in [3.63, 3.8) is 0 Å². The summed E-state index contributed by atoms with van der Waals surface area (Å²) in [5, 5.41) is 4.80. The minimum atomic E-state index is -4.51. The van der Waals surface area contributed by atoms with Crippen molar-refractivity contribution in [2.75, 3.05) is 5.32 Å². The molecule has 0 aliphatic heterocycles. The molecule has 9 heteroatoms. The van der Waals surface area contributed by atoms with Gasteiger partial charge in [-0.25, -0.2) is 15.0 Å². The molecule has 0 aliphatic rings. The molecule has 0 saturated heterocycles. The third-order valence-corrected chi connectivity index (χ3v) is 3.35. The van der Waals surface area contributed by atoms with Gasteiger partial charge in [-0.15, -0.1) is 11.3 Å². The van der Waals surface area contributed by atoms with Gasteiger partial charge in [-0.2, -0.15) is 13.2 Å². The van der Waals surface area contributed by atoms with E-state index in [-0.39, 0.29) is 5.95 Å². The Morgan fingerprint density at radius 1 is 0.955 bits per heavy atom. The van der Waals surface area contributed by atoms with Crippen LogP contribution in [0.25, 0.3) is 11.4 Å². The summed E-state index contributed by atoms with van der Waals surface area (Å²) in [7, 11) is 0. The predicted molar refractivity (Wildman–Crippen MR) is 75.7 cm³/mol. The summed E-state index contributed by atoms with van der Waals surface area (Å²) in [6.07, 6.45) is -1.83. The maximum absolute atomic E-state index is 12.6. The van der Waals surface area contributed by atoms with Gasteiger partial charge in [0, 0.05) is 17.8 Å². The second kappa shape index (κ2) is 5.68. The van der Waals surface area contributed by atoms with Gasteiger partial charge in [0.1, 0.15) is 11.4 Å². The predicted octanol–water partition coefficient (Wildman–Crippen LogP) is 3.76. The average Bonchev–Trinajstić information content (AvgIpc) is 2.96. The van der Waals surface area contributed by atoms with Gasteiger partial charge in [-0.3, -0.25) is 4.98 Å². The summed E-state index contributed by atoms with van der Waals surface area (Å²) in [5.41, 5.74) is 0.295. The lowest BCUT2D eigenvalue weighted by molar-refractivity contribution is -0.141. The summed E-state index contributed by atoms with van der Waals surface area (Å²) in [4.78, 5) is 15.6. The molecule has 22 heavy (non-hydrogen) atoms. The van der Waals surface area contributed by atoms with Crippen LogP contribution in [0.3, 0.4) is 0 Å². The van der Waals surface area contributed by atoms with Crippen molar-refractivity contribution in [1.82, 2.24) is 19.9 Å². The van der Waals surface area contributed by atoms with E-state index in [2.05, 4.69) is 25.3 Å². The molecule has 0 aromatic carbocycles. The summed E-state index contributed by atoms with van der Waals surface area (Å²) in [5.74, 6) is -0.156. The highest BCUT2D eigenvalue weighted by molar-refractivity contribution is 7.14. The molecule has 0 radical (unpaired) electrons. The zero-order valence-electron chi connectivity index (χ0n) is 10.9. The molecular formula is C13H8F3N5S. The van der Waals surface area contributed by atoms with E-state index in [1.807, 2.05) is 6.07 Å². The molecule has 0 bridgehead atoms. The topological polar surface area (TPSA) is 63.6 Å². The molecule has 3 heterocycles. The number of aromatic nitrogens is 4. The van der Waals surface area contributed by atoms with Gasteiger partial charge in [0.25, 0.3) is 0 Å². The molecule has 5 nitrogen and oxygen atoms in total. The van der Waals surface area contributed by atoms with Gasteiger partial charge in [-0.05, 0) is 18.2 Å². The number of nitrogens with one attached hydrogen (secondary N) is 1. The van der Waals surface area contributed by atoms with E-state index < -0.39 is 11.9 Å². The summed E-state index contributed by atoms with van der Waals surface area (Å²) >= 11 is 1.23. The average molecular weight is 323 g/mol. The molecule has 0 atom stereocenters. The SMILES string of the molecule is FC(F)(F)c1ccnc(Nc2nc(-c3ccccn3)cs2)n1. The first kappa shape index (κ1) is 14.4. The first-order valence-electron chi connectivity index (χ1n) is 6.06. The molecule has 0 aliphatic carbocycles. The van der Waals surface area contributed by atoms with Crippen molar-refractivity contribution in [2.45, 2.75) is 6.18 Å². The highest BCUT2D eigenvalue weighted by Crippen LogP contribution is 2.29. The monoisotopic (exact) mass is 323 g/mol. The van der Waals surface area contributed by atoms with Crippen molar-refractivity contribution in [3.8, 4) is 11.4 Å². The van der Waals surface area contributed by atoms with Crippen LogP contribution in [0.5, 0.6) is 0 Å². The van der Waals surface area contributed by atoms with Crippen LogP contribution in [-0.2, 0) is 6.18 Å². The van der Waals surface area contributed by atoms with Crippen LogP contribution in [0.4, 0.5) is 24.3 Å². The number of alkyl halides is 3. The smallest absolute Gasteiger partial charge is 0.300 e. The Morgan fingerprint density at radius 3 is 2.55 bits per heavy atom. The first-order chi connectivity index (χ1) is 10.5. The van der Waals surface area contributed by atoms with Crippen LogP contribution >= 0.6 is 11.3 Å². The van der Waals surface area contributed by atoms with Crippen LogP contribution in [0.1, 0.15) is 5.69 Å². The molecule has 3 aromatic rings. The molecule has 0 unspecified atom stereocenters. The molecular weight excluding hydrogens is 315 g/mol.